The number of furan rings is 3. The first kappa shape index (κ1) is 71.3. The summed E-state index contributed by atoms with van der Waals surface area (Å²) in [6.07, 6.45) is 0. The van der Waals surface area contributed by atoms with Crippen LogP contribution in [-0.4, -0.2) is 0 Å². The van der Waals surface area contributed by atoms with E-state index in [9.17, 15) is 0 Å². The van der Waals surface area contributed by atoms with Gasteiger partial charge in [0.15, 0.2) is 0 Å². The number of para-hydroxylation sites is 3. The molecule has 0 unspecified atom stereocenters. The van der Waals surface area contributed by atoms with Crippen molar-refractivity contribution in [2.75, 3.05) is 16.0 Å². The van der Waals surface area contributed by atoms with Crippen LogP contribution >= 0.6 is 0 Å². The zero-order chi connectivity index (χ0) is 79.3. The van der Waals surface area contributed by atoms with E-state index >= 15 is 0 Å². The number of hydrogen-bond donors (Lipinski definition) is 3. The van der Waals surface area contributed by atoms with Gasteiger partial charge in [0.1, 0.15) is 33.5 Å². The lowest BCUT2D eigenvalue weighted by molar-refractivity contribution is 0.660. The number of fused-ring (bicyclic) bond motifs is 14. The minimum atomic E-state index is -0.0109. The first-order valence-corrected chi connectivity index (χ1v) is 40.7. The molecule has 0 spiro atoms. The molecular formula is C113H79N3O3. The lowest BCUT2D eigenvalue weighted by atomic mass is 9.82. The van der Waals surface area contributed by atoms with Crippen molar-refractivity contribution < 1.29 is 13.3 Å². The second-order valence-electron chi connectivity index (χ2n) is 31.2. The summed E-state index contributed by atoms with van der Waals surface area (Å²) in [4.78, 5) is 0. The highest BCUT2D eigenvalue weighted by Crippen LogP contribution is 2.52. The van der Waals surface area contributed by atoms with Gasteiger partial charge in [0.2, 0.25) is 0 Å². The molecule has 0 fully saturated rings. The third-order valence-electron chi connectivity index (χ3n) is 23.6. The minimum absolute atomic E-state index is 0.0109. The average Bonchev–Trinajstić information content (AvgIpc) is 1.57. The molecule has 0 saturated carbocycles. The van der Waals surface area contributed by atoms with Crippen molar-refractivity contribution in [1.29, 1.82) is 0 Å². The zero-order valence-corrected chi connectivity index (χ0v) is 65.6. The zero-order valence-electron chi connectivity index (χ0n) is 65.6. The van der Waals surface area contributed by atoms with E-state index < -0.39 is 0 Å². The SMILES string of the molecule is CC1(C)c2ccccc2-c2cc(-c3ccc(Nc4ccc(-c5ccccc5)cc4)c4c3oc3ccccc34)ccc21.c1ccc(-c2ccc(-c3cc(Nc4cccc(-c5ccccc5)c4)cc4c3oc3ccccc34)cc2)cc1.c1ccc2cc(-c3ccc(Nc4ccc5c(oc6ccccc65)c4-c4cccc5ccccc45)cc3)ccc2c1. The van der Waals surface area contributed by atoms with Crippen LogP contribution in [0, 0.1) is 0 Å². The Morgan fingerprint density at radius 1 is 0.202 bits per heavy atom. The van der Waals surface area contributed by atoms with Crippen LogP contribution < -0.4 is 16.0 Å². The highest BCUT2D eigenvalue weighted by atomic mass is 16.3. The predicted octanol–water partition coefficient (Wildman–Crippen LogP) is 32.3. The Kier molecular flexibility index (Phi) is 18.2. The Morgan fingerprint density at radius 3 is 1.36 bits per heavy atom. The molecule has 3 heterocycles. The quantitative estimate of drug-likeness (QED) is 0.107. The smallest absolute Gasteiger partial charge is 0.145 e. The molecule has 0 saturated heterocycles. The molecule has 0 aliphatic heterocycles. The van der Waals surface area contributed by atoms with E-state index in [1.165, 1.54) is 93.9 Å². The topological polar surface area (TPSA) is 75.5 Å². The van der Waals surface area contributed by atoms with Gasteiger partial charge < -0.3 is 29.2 Å². The van der Waals surface area contributed by atoms with Crippen LogP contribution in [0.1, 0.15) is 25.0 Å². The van der Waals surface area contributed by atoms with Crippen LogP contribution in [0.25, 0.3) is 176 Å². The van der Waals surface area contributed by atoms with Gasteiger partial charge in [-0.2, -0.15) is 0 Å². The molecule has 19 aromatic carbocycles. The molecular weight excluding hydrogens is 1450 g/mol. The van der Waals surface area contributed by atoms with Crippen molar-refractivity contribution >= 4 is 121 Å². The Balaban J connectivity index is 0.000000111. The van der Waals surface area contributed by atoms with Crippen LogP contribution in [0.5, 0.6) is 0 Å². The van der Waals surface area contributed by atoms with Crippen LogP contribution in [-0.2, 0) is 5.41 Å². The molecule has 6 heteroatoms. The third-order valence-corrected chi connectivity index (χ3v) is 23.6. The second kappa shape index (κ2) is 30.4. The van der Waals surface area contributed by atoms with Crippen molar-refractivity contribution in [2.24, 2.45) is 0 Å². The highest BCUT2D eigenvalue weighted by Gasteiger charge is 2.35. The average molecular weight is 1530 g/mol. The Bertz CT molecular complexity index is 7560. The fourth-order valence-corrected chi connectivity index (χ4v) is 17.6. The van der Waals surface area contributed by atoms with Crippen molar-refractivity contribution in [3.63, 3.8) is 0 Å². The molecule has 0 atom stereocenters. The molecule has 22 aromatic rings. The fourth-order valence-electron chi connectivity index (χ4n) is 17.6. The first-order chi connectivity index (χ1) is 58.7. The standard InChI is InChI=1S/C39H29NO.C38H25NO.C36H25NO/c1-39(2)33-14-8-6-12-30(33)32-24-27(18-22-34(32)39)29-21-23-35(37-31-13-7-9-15-36(31)41-38(29)37)40-28-19-16-26(17-20-28)25-10-4-3-5-11-25;1-2-10-28-24-29(17-16-25(28)8-1)26-18-20-30(21-19-26)39-35-23-22-34-32-13-5-6-15-36(32)40-38(34)37(35)33-14-7-11-27-9-3-4-12-31(27)33;1-3-10-25(11-4-1)27-18-20-28(21-19-27)33-23-31(24-34-32-16-7-8-17-35(32)38-36(33)34)37-30-15-9-14-29(22-30)26-12-5-2-6-13-26/h3-24,40H,1-2H3;1-24,39H;1-24,37H. The number of rotatable bonds is 13. The predicted molar refractivity (Wildman–Crippen MR) is 501 cm³/mol. The van der Waals surface area contributed by atoms with E-state index in [1.54, 1.807) is 0 Å². The summed E-state index contributed by atoms with van der Waals surface area (Å²) < 4.78 is 19.5. The molecule has 0 amide bonds. The molecule has 3 aromatic heterocycles. The van der Waals surface area contributed by atoms with Gasteiger partial charge in [0, 0.05) is 71.8 Å². The van der Waals surface area contributed by atoms with Gasteiger partial charge in [-0.05, 0) is 208 Å². The van der Waals surface area contributed by atoms with Crippen LogP contribution in [0.2, 0.25) is 0 Å². The molecule has 0 radical (unpaired) electrons. The molecule has 0 bridgehead atoms. The van der Waals surface area contributed by atoms with Crippen LogP contribution in [0.15, 0.2) is 438 Å². The molecule has 564 valence electrons. The summed E-state index contributed by atoms with van der Waals surface area (Å²) in [5.74, 6) is 0. The van der Waals surface area contributed by atoms with E-state index in [2.05, 4.69) is 406 Å². The number of hydrogen-bond acceptors (Lipinski definition) is 6. The second-order valence-corrected chi connectivity index (χ2v) is 31.2. The van der Waals surface area contributed by atoms with Gasteiger partial charge in [0.25, 0.3) is 0 Å². The summed E-state index contributed by atoms with van der Waals surface area (Å²) in [6.45, 7) is 4.64. The lowest BCUT2D eigenvalue weighted by Gasteiger charge is -2.21. The Hall–Kier alpha value is -15.5. The van der Waals surface area contributed by atoms with Gasteiger partial charge in [0.05, 0.1) is 16.8 Å². The Morgan fingerprint density at radius 2 is 0.664 bits per heavy atom. The molecule has 6 nitrogen and oxygen atoms in total. The molecule has 1 aliphatic rings. The van der Waals surface area contributed by atoms with Gasteiger partial charge in [-0.25, -0.2) is 0 Å². The van der Waals surface area contributed by atoms with Crippen molar-refractivity contribution in [1.82, 2.24) is 0 Å². The van der Waals surface area contributed by atoms with Gasteiger partial charge in [-0.3, -0.25) is 0 Å². The third kappa shape index (κ3) is 13.5. The largest absolute Gasteiger partial charge is 0.455 e. The van der Waals surface area contributed by atoms with E-state index in [-0.39, 0.29) is 5.41 Å². The van der Waals surface area contributed by atoms with Crippen LogP contribution in [0.4, 0.5) is 34.1 Å². The minimum Gasteiger partial charge on any atom is -0.455 e. The van der Waals surface area contributed by atoms with Gasteiger partial charge >= 0.3 is 0 Å². The maximum Gasteiger partial charge on any atom is 0.145 e. The molecule has 23 rings (SSSR count). The lowest BCUT2D eigenvalue weighted by Crippen LogP contribution is -2.14. The number of anilines is 6. The molecule has 3 N–H and O–H groups in total. The van der Waals surface area contributed by atoms with Crippen molar-refractivity contribution in [3.05, 3.63) is 436 Å². The maximum absolute atomic E-state index is 6.58. The first-order valence-electron chi connectivity index (χ1n) is 40.7. The van der Waals surface area contributed by atoms with Crippen LogP contribution in [0.3, 0.4) is 0 Å². The Labute approximate surface area is 690 Å². The summed E-state index contributed by atoms with van der Waals surface area (Å²) in [6, 6.07) is 150. The highest BCUT2D eigenvalue weighted by molar-refractivity contribution is 6.18. The van der Waals surface area contributed by atoms with E-state index in [0.29, 0.717) is 0 Å². The normalized spacial score (nSPS) is 12.0. The summed E-state index contributed by atoms with van der Waals surface area (Å²) in [5, 5.41) is 22.7. The van der Waals surface area contributed by atoms with Crippen molar-refractivity contribution in [2.45, 2.75) is 19.3 Å². The van der Waals surface area contributed by atoms with E-state index in [0.717, 1.165) is 128 Å². The molecule has 1 aliphatic carbocycles. The summed E-state index contributed by atoms with van der Waals surface area (Å²) >= 11 is 0. The maximum atomic E-state index is 6.58. The van der Waals surface area contributed by atoms with Gasteiger partial charge in [-0.1, -0.05) is 335 Å². The molecule has 119 heavy (non-hydrogen) atoms. The fraction of sp³-hybridized carbons (Fsp3) is 0.0265. The number of nitrogens with one attached hydrogen (secondary N) is 3. The summed E-state index contributed by atoms with van der Waals surface area (Å²) in [7, 11) is 0. The van der Waals surface area contributed by atoms with E-state index in [4.69, 9.17) is 13.3 Å². The number of benzene rings is 19. The summed E-state index contributed by atoms with van der Waals surface area (Å²) in [5.41, 5.74) is 33.3. The van der Waals surface area contributed by atoms with Gasteiger partial charge in [-0.15, -0.1) is 0 Å². The van der Waals surface area contributed by atoms with Crippen molar-refractivity contribution in [3.8, 4) is 89.0 Å². The van der Waals surface area contributed by atoms with E-state index in [1.807, 2.05) is 48.5 Å². The monoisotopic (exact) mass is 1530 g/mol.